The van der Waals surface area contributed by atoms with Crippen LogP contribution in [0.15, 0.2) is 72.8 Å². The van der Waals surface area contributed by atoms with Crippen molar-refractivity contribution < 1.29 is 19.2 Å². The fourth-order valence-corrected chi connectivity index (χ4v) is 2.99. The van der Waals surface area contributed by atoms with Crippen molar-refractivity contribution >= 4 is 35.0 Å². The largest absolute Gasteiger partial charge is 0.369 e. The molecule has 3 aromatic carbocycles. The number of hydrogen-bond donors (Lipinski definition) is 4. The first-order valence-electron chi connectivity index (χ1n) is 9.77. The maximum absolute atomic E-state index is 12.4. The van der Waals surface area contributed by atoms with E-state index in [2.05, 4.69) is 10.6 Å². The van der Waals surface area contributed by atoms with E-state index in [1.165, 1.54) is 0 Å². The van der Waals surface area contributed by atoms with E-state index in [1.54, 1.807) is 72.8 Å². The van der Waals surface area contributed by atoms with Crippen LogP contribution in [0.2, 0.25) is 0 Å². The van der Waals surface area contributed by atoms with Crippen LogP contribution in [-0.4, -0.2) is 23.6 Å². The molecular formula is C24H22N4O4. The van der Waals surface area contributed by atoms with Gasteiger partial charge < -0.3 is 22.1 Å². The van der Waals surface area contributed by atoms with Gasteiger partial charge in [-0.15, -0.1) is 0 Å². The van der Waals surface area contributed by atoms with Crippen molar-refractivity contribution in [3.05, 3.63) is 95.1 Å². The maximum Gasteiger partial charge on any atom is 0.255 e. The van der Waals surface area contributed by atoms with E-state index >= 15 is 0 Å². The molecule has 0 saturated heterocycles. The second-order valence-electron chi connectivity index (χ2n) is 7.17. The lowest BCUT2D eigenvalue weighted by Crippen LogP contribution is -2.15. The van der Waals surface area contributed by atoms with Gasteiger partial charge in [0.05, 0.1) is 12.8 Å². The van der Waals surface area contributed by atoms with Crippen LogP contribution >= 0.6 is 0 Å². The molecule has 8 nitrogen and oxygen atoms in total. The zero-order valence-electron chi connectivity index (χ0n) is 17.1. The fraction of sp³-hybridized carbons (Fsp3) is 0.0833. The third-order valence-electron chi connectivity index (χ3n) is 4.59. The number of hydrogen-bond acceptors (Lipinski definition) is 4. The first-order valence-corrected chi connectivity index (χ1v) is 9.77. The second kappa shape index (κ2) is 10.0. The molecule has 0 aliphatic heterocycles. The van der Waals surface area contributed by atoms with E-state index in [1.807, 2.05) is 0 Å². The molecule has 0 radical (unpaired) electrons. The lowest BCUT2D eigenvalue weighted by Gasteiger charge is -2.08. The number of amides is 4. The third kappa shape index (κ3) is 6.27. The summed E-state index contributed by atoms with van der Waals surface area (Å²) in [6.07, 6.45) is 0.268. The molecule has 0 aliphatic carbocycles. The summed E-state index contributed by atoms with van der Waals surface area (Å²) in [6, 6.07) is 19.8. The minimum atomic E-state index is -0.425. The summed E-state index contributed by atoms with van der Waals surface area (Å²) < 4.78 is 0. The maximum atomic E-state index is 12.4. The molecule has 162 valence electrons. The summed E-state index contributed by atoms with van der Waals surface area (Å²) in [5.41, 5.74) is 13.8. The Labute approximate surface area is 184 Å². The van der Waals surface area contributed by atoms with Crippen LogP contribution in [-0.2, 0) is 22.4 Å². The van der Waals surface area contributed by atoms with E-state index in [0.717, 1.165) is 11.1 Å². The van der Waals surface area contributed by atoms with Crippen molar-refractivity contribution in [1.82, 2.24) is 0 Å². The van der Waals surface area contributed by atoms with Gasteiger partial charge in [-0.05, 0) is 59.7 Å². The number of carbonyl (C=O) groups excluding carboxylic acids is 4. The molecule has 0 heterocycles. The van der Waals surface area contributed by atoms with Gasteiger partial charge in [-0.3, -0.25) is 19.2 Å². The van der Waals surface area contributed by atoms with Crippen molar-refractivity contribution in [2.24, 2.45) is 11.5 Å². The monoisotopic (exact) mass is 430 g/mol. The second-order valence-corrected chi connectivity index (χ2v) is 7.17. The van der Waals surface area contributed by atoms with Crippen molar-refractivity contribution in [3.8, 4) is 0 Å². The van der Waals surface area contributed by atoms with Crippen LogP contribution in [0.1, 0.15) is 31.8 Å². The number of primary amides is 2. The van der Waals surface area contributed by atoms with E-state index in [4.69, 9.17) is 11.5 Å². The van der Waals surface area contributed by atoms with Crippen molar-refractivity contribution in [2.45, 2.75) is 12.8 Å². The van der Waals surface area contributed by atoms with Crippen molar-refractivity contribution in [3.63, 3.8) is 0 Å². The Hall–Kier alpha value is -4.46. The summed E-state index contributed by atoms with van der Waals surface area (Å²) in [5.74, 6) is -1.51. The fourth-order valence-electron chi connectivity index (χ4n) is 2.99. The van der Waals surface area contributed by atoms with Gasteiger partial charge in [0.1, 0.15) is 0 Å². The SMILES string of the molecule is NC(=O)Cc1ccc(NC(=O)c2ccc(C(=O)Nc3ccc(CC(N)=O)cc3)cc2)cc1. The molecule has 3 rings (SSSR count). The molecular weight excluding hydrogens is 408 g/mol. The highest BCUT2D eigenvalue weighted by atomic mass is 16.2. The van der Waals surface area contributed by atoms with Crippen molar-refractivity contribution in [2.75, 3.05) is 10.6 Å². The smallest absolute Gasteiger partial charge is 0.255 e. The molecule has 0 aliphatic rings. The summed E-state index contributed by atoms with van der Waals surface area (Å²) >= 11 is 0. The zero-order chi connectivity index (χ0) is 23.1. The number of benzene rings is 3. The Morgan fingerprint density at radius 1 is 0.531 bits per heavy atom. The standard InChI is InChI=1S/C24H22N4O4/c25-21(29)13-15-1-9-19(10-2-15)27-23(31)17-5-7-18(8-6-17)24(32)28-20-11-3-16(4-12-20)14-22(26)30/h1-12H,13-14H2,(H2,25,29)(H2,26,30)(H,27,31)(H,28,32). The molecule has 32 heavy (non-hydrogen) atoms. The molecule has 0 atom stereocenters. The van der Waals surface area contributed by atoms with E-state index < -0.39 is 11.8 Å². The highest BCUT2D eigenvalue weighted by molar-refractivity contribution is 6.07. The van der Waals surface area contributed by atoms with Gasteiger partial charge in [0.25, 0.3) is 11.8 Å². The Kier molecular flexibility index (Phi) is 6.97. The molecule has 0 spiro atoms. The average Bonchev–Trinajstić information content (AvgIpc) is 2.76. The van der Waals surface area contributed by atoms with Gasteiger partial charge in [0.2, 0.25) is 11.8 Å². The highest BCUT2D eigenvalue weighted by Crippen LogP contribution is 2.15. The molecule has 0 unspecified atom stereocenters. The molecule has 3 aromatic rings. The zero-order valence-corrected chi connectivity index (χ0v) is 17.1. The number of nitrogens with one attached hydrogen (secondary N) is 2. The highest BCUT2D eigenvalue weighted by Gasteiger charge is 2.10. The molecule has 0 saturated carbocycles. The molecule has 0 aromatic heterocycles. The van der Waals surface area contributed by atoms with E-state index in [0.29, 0.717) is 22.5 Å². The van der Waals surface area contributed by atoms with Crippen LogP contribution < -0.4 is 22.1 Å². The van der Waals surface area contributed by atoms with Gasteiger partial charge in [0, 0.05) is 22.5 Å². The Bertz CT molecular complexity index is 1050. The van der Waals surface area contributed by atoms with Crippen LogP contribution in [0.25, 0.3) is 0 Å². The summed E-state index contributed by atoms with van der Waals surface area (Å²) in [7, 11) is 0. The molecule has 4 amide bonds. The van der Waals surface area contributed by atoms with Crippen LogP contribution in [0.4, 0.5) is 11.4 Å². The first kappa shape index (κ1) is 22.2. The topological polar surface area (TPSA) is 144 Å². The number of carbonyl (C=O) groups is 4. The Morgan fingerprint density at radius 3 is 1.12 bits per heavy atom. The Morgan fingerprint density at radius 2 is 0.844 bits per heavy atom. The molecule has 6 N–H and O–H groups in total. The van der Waals surface area contributed by atoms with Gasteiger partial charge >= 0.3 is 0 Å². The third-order valence-corrected chi connectivity index (χ3v) is 4.59. The van der Waals surface area contributed by atoms with Crippen LogP contribution in [0, 0.1) is 0 Å². The summed E-state index contributed by atoms with van der Waals surface area (Å²) in [4.78, 5) is 46.8. The number of nitrogens with two attached hydrogens (primary N) is 2. The van der Waals surface area contributed by atoms with Gasteiger partial charge in [-0.1, -0.05) is 24.3 Å². The van der Waals surface area contributed by atoms with Gasteiger partial charge in [-0.25, -0.2) is 0 Å². The predicted molar refractivity (Wildman–Crippen MR) is 121 cm³/mol. The average molecular weight is 430 g/mol. The van der Waals surface area contributed by atoms with E-state index in [-0.39, 0.29) is 24.7 Å². The Balaban J connectivity index is 1.58. The quantitative estimate of drug-likeness (QED) is 0.434. The van der Waals surface area contributed by atoms with Crippen LogP contribution in [0.3, 0.4) is 0 Å². The number of anilines is 2. The summed E-state index contributed by atoms with van der Waals surface area (Å²) in [6.45, 7) is 0. The number of rotatable bonds is 8. The normalized spacial score (nSPS) is 10.2. The van der Waals surface area contributed by atoms with Crippen molar-refractivity contribution in [1.29, 1.82) is 0 Å². The molecule has 0 bridgehead atoms. The predicted octanol–water partition coefficient (Wildman–Crippen LogP) is 2.25. The first-order chi connectivity index (χ1) is 15.3. The lowest BCUT2D eigenvalue weighted by atomic mass is 10.1. The summed E-state index contributed by atoms with van der Waals surface area (Å²) in [5, 5.41) is 5.51. The minimum absolute atomic E-state index is 0.134. The molecule has 0 fully saturated rings. The lowest BCUT2D eigenvalue weighted by molar-refractivity contribution is -0.118. The van der Waals surface area contributed by atoms with E-state index in [9.17, 15) is 19.2 Å². The van der Waals surface area contributed by atoms with Gasteiger partial charge in [-0.2, -0.15) is 0 Å². The molecule has 8 heteroatoms. The van der Waals surface area contributed by atoms with Gasteiger partial charge in [0.15, 0.2) is 0 Å². The minimum Gasteiger partial charge on any atom is -0.369 e. The van der Waals surface area contributed by atoms with Crippen LogP contribution in [0.5, 0.6) is 0 Å².